The van der Waals surface area contributed by atoms with Crippen molar-refractivity contribution in [3.05, 3.63) is 34.7 Å². The van der Waals surface area contributed by atoms with Crippen molar-refractivity contribution in [2.45, 2.75) is 11.8 Å². The first-order valence-electron chi connectivity index (χ1n) is 5.25. The largest absolute Gasteiger partial charge is 0.476 e. The predicted molar refractivity (Wildman–Crippen MR) is 70.3 cm³/mol. The molecule has 3 N–H and O–H groups in total. The summed E-state index contributed by atoms with van der Waals surface area (Å²) in [7, 11) is -4.14. The molecule has 0 radical (unpaired) electrons. The van der Waals surface area contributed by atoms with Gasteiger partial charge in [-0.25, -0.2) is 18.2 Å². The molecule has 0 saturated carbocycles. The number of pyridine rings is 1. The number of H-pyrrole nitrogens is 1. The molecule has 0 aromatic carbocycles. The maximum Gasteiger partial charge on any atom is 0.357 e. The quantitative estimate of drug-likeness (QED) is 0.729. The average molecular weight is 317 g/mol. The fraction of sp³-hybridized carbons (Fsp3) is 0.100. The van der Waals surface area contributed by atoms with Crippen molar-refractivity contribution in [3.8, 4) is 0 Å². The van der Waals surface area contributed by atoms with Crippen LogP contribution in [0.4, 0.5) is 5.82 Å². The molecular formula is C10H9ClN4O4S. The smallest absolute Gasteiger partial charge is 0.357 e. The Morgan fingerprint density at radius 1 is 1.45 bits per heavy atom. The highest BCUT2D eigenvalue weighted by Gasteiger charge is 2.28. The first kappa shape index (κ1) is 14.3. The number of nitrogens with one attached hydrogen (secondary N) is 2. The summed E-state index contributed by atoms with van der Waals surface area (Å²) < 4.78 is 26.6. The number of aromatic amines is 1. The molecule has 10 heteroatoms. The molecule has 0 aliphatic rings. The molecule has 0 fully saturated rings. The Morgan fingerprint density at radius 3 is 2.75 bits per heavy atom. The molecule has 0 saturated heterocycles. The zero-order valence-electron chi connectivity index (χ0n) is 10.1. The van der Waals surface area contributed by atoms with Crippen LogP contribution in [0.1, 0.15) is 16.2 Å². The summed E-state index contributed by atoms with van der Waals surface area (Å²) in [5.74, 6) is -1.47. The minimum Gasteiger partial charge on any atom is -0.476 e. The normalized spacial score (nSPS) is 11.3. The van der Waals surface area contributed by atoms with E-state index < -0.39 is 26.6 Å². The van der Waals surface area contributed by atoms with Gasteiger partial charge >= 0.3 is 5.97 Å². The van der Waals surface area contributed by atoms with Gasteiger partial charge in [0.2, 0.25) is 0 Å². The fourth-order valence-corrected chi connectivity index (χ4v) is 3.04. The second kappa shape index (κ2) is 5.10. The van der Waals surface area contributed by atoms with Gasteiger partial charge in [0, 0.05) is 0 Å². The topological polar surface area (TPSA) is 125 Å². The molecule has 0 atom stereocenters. The third-order valence-corrected chi connectivity index (χ3v) is 4.04. The molecule has 2 rings (SSSR count). The van der Waals surface area contributed by atoms with Crippen LogP contribution < -0.4 is 4.72 Å². The van der Waals surface area contributed by atoms with Gasteiger partial charge in [0.15, 0.2) is 5.69 Å². The molecule has 0 spiro atoms. The van der Waals surface area contributed by atoms with Crippen LogP contribution in [0.5, 0.6) is 0 Å². The van der Waals surface area contributed by atoms with E-state index in [1.165, 1.54) is 25.1 Å². The van der Waals surface area contributed by atoms with E-state index in [0.717, 1.165) is 0 Å². The highest BCUT2D eigenvalue weighted by Crippen LogP contribution is 2.21. The predicted octanol–water partition coefficient (Wildman–Crippen LogP) is 1.27. The molecule has 0 aliphatic carbocycles. The molecule has 8 nitrogen and oxygen atoms in total. The van der Waals surface area contributed by atoms with Crippen molar-refractivity contribution >= 4 is 33.4 Å². The number of aryl methyl sites for hydroxylation is 1. The van der Waals surface area contributed by atoms with Crippen LogP contribution in [0.25, 0.3) is 0 Å². The van der Waals surface area contributed by atoms with Crippen LogP contribution in [0.2, 0.25) is 5.15 Å². The number of hydrogen-bond donors (Lipinski definition) is 3. The molecule has 2 heterocycles. The summed E-state index contributed by atoms with van der Waals surface area (Å²) in [6, 6.07) is 4.37. The number of sulfonamides is 1. The zero-order chi connectivity index (χ0) is 14.9. The zero-order valence-corrected chi connectivity index (χ0v) is 11.7. The Bertz CT molecular complexity index is 771. The number of carbonyl (C=O) groups is 1. The summed E-state index contributed by atoms with van der Waals surface area (Å²) in [5.41, 5.74) is -0.478. The van der Waals surface area contributed by atoms with Gasteiger partial charge in [-0.05, 0) is 19.1 Å². The third kappa shape index (κ3) is 2.73. The number of nitrogens with zero attached hydrogens (tertiary/aromatic N) is 2. The minimum atomic E-state index is -4.14. The second-order valence-corrected chi connectivity index (χ2v) is 5.79. The summed E-state index contributed by atoms with van der Waals surface area (Å²) in [6.07, 6.45) is 0. The van der Waals surface area contributed by atoms with Crippen LogP contribution in [0.3, 0.4) is 0 Å². The lowest BCUT2D eigenvalue weighted by Gasteiger charge is -2.07. The molecule has 0 bridgehead atoms. The lowest BCUT2D eigenvalue weighted by Crippen LogP contribution is -2.17. The highest BCUT2D eigenvalue weighted by atomic mass is 35.5. The summed E-state index contributed by atoms with van der Waals surface area (Å²) in [5, 5.41) is 14.8. The molecule has 0 aliphatic heterocycles. The second-order valence-electron chi connectivity index (χ2n) is 3.78. The first-order chi connectivity index (χ1) is 9.31. The summed E-state index contributed by atoms with van der Waals surface area (Å²) in [4.78, 5) is 14.3. The van der Waals surface area contributed by atoms with E-state index in [2.05, 4.69) is 19.9 Å². The molecule has 2 aromatic rings. The van der Waals surface area contributed by atoms with Gasteiger partial charge in [-0.15, -0.1) is 0 Å². The Labute approximate surface area is 118 Å². The Hall–Kier alpha value is -2.13. The lowest BCUT2D eigenvalue weighted by atomic mass is 10.4. The van der Waals surface area contributed by atoms with Gasteiger partial charge in [-0.1, -0.05) is 17.7 Å². The number of rotatable bonds is 4. The molecule has 0 unspecified atom stereocenters. The number of aromatic nitrogens is 3. The van der Waals surface area contributed by atoms with Crippen LogP contribution in [-0.2, 0) is 10.0 Å². The van der Waals surface area contributed by atoms with Crippen LogP contribution in [0, 0.1) is 6.92 Å². The van der Waals surface area contributed by atoms with Crippen molar-refractivity contribution in [2.75, 3.05) is 4.72 Å². The van der Waals surface area contributed by atoms with Gasteiger partial charge in [-0.2, -0.15) is 5.10 Å². The molecular weight excluding hydrogens is 308 g/mol. The van der Waals surface area contributed by atoms with Gasteiger partial charge in [-0.3, -0.25) is 9.82 Å². The van der Waals surface area contributed by atoms with Gasteiger partial charge in [0.1, 0.15) is 15.9 Å². The molecule has 2 aromatic heterocycles. The van der Waals surface area contributed by atoms with Crippen LogP contribution in [-0.4, -0.2) is 34.7 Å². The van der Waals surface area contributed by atoms with Crippen LogP contribution >= 0.6 is 11.6 Å². The van der Waals surface area contributed by atoms with Gasteiger partial charge in [0.05, 0.1) is 5.69 Å². The number of aromatic carboxylic acids is 1. The molecule has 106 valence electrons. The third-order valence-electron chi connectivity index (χ3n) is 2.32. The first-order valence-corrected chi connectivity index (χ1v) is 7.11. The molecule has 0 amide bonds. The number of anilines is 1. The van der Waals surface area contributed by atoms with Crippen molar-refractivity contribution in [1.29, 1.82) is 0 Å². The van der Waals surface area contributed by atoms with Crippen molar-refractivity contribution in [3.63, 3.8) is 0 Å². The minimum absolute atomic E-state index is 0.0190. The number of halogens is 1. The van der Waals surface area contributed by atoms with Crippen molar-refractivity contribution < 1.29 is 18.3 Å². The van der Waals surface area contributed by atoms with Crippen molar-refractivity contribution in [2.24, 2.45) is 0 Å². The van der Waals surface area contributed by atoms with Gasteiger partial charge < -0.3 is 5.11 Å². The van der Waals surface area contributed by atoms with E-state index in [1.54, 1.807) is 0 Å². The maximum absolute atomic E-state index is 12.2. The van der Waals surface area contributed by atoms with E-state index >= 15 is 0 Å². The number of carboxylic acid groups (broad SMARTS) is 1. The SMILES string of the molecule is Cc1[nH]nc(C(=O)O)c1S(=O)(=O)Nc1cccc(Cl)n1. The number of hydrogen-bond acceptors (Lipinski definition) is 5. The van der Waals surface area contributed by atoms with Gasteiger partial charge in [0.25, 0.3) is 10.0 Å². The monoisotopic (exact) mass is 316 g/mol. The standard InChI is InChI=1S/C10H9ClN4O4S/c1-5-9(8(10(16)17)14-13-5)20(18,19)15-7-4-2-3-6(11)12-7/h2-4H,1H3,(H,12,15)(H,13,14)(H,16,17). The molecule has 20 heavy (non-hydrogen) atoms. The summed E-state index contributed by atoms with van der Waals surface area (Å²) >= 11 is 5.65. The Morgan fingerprint density at radius 2 is 2.15 bits per heavy atom. The number of carboxylic acids is 1. The van der Waals surface area contributed by atoms with Crippen LogP contribution in [0.15, 0.2) is 23.1 Å². The summed E-state index contributed by atoms with van der Waals surface area (Å²) in [6.45, 7) is 1.40. The van der Waals surface area contributed by atoms with Crippen molar-refractivity contribution in [1.82, 2.24) is 15.2 Å². The van der Waals surface area contributed by atoms with E-state index in [1.807, 2.05) is 0 Å². The lowest BCUT2D eigenvalue weighted by molar-refractivity contribution is 0.0686. The van der Waals surface area contributed by atoms with E-state index in [9.17, 15) is 13.2 Å². The average Bonchev–Trinajstić information content (AvgIpc) is 2.71. The maximum atomic E-state index is 12.2. The fourth-order valence-electron chi connectivity index (χ4n) is 1.55. The Kier molecular flexibility index (Phi) is 3.64. The highest BCUT2D eigenvalue weighted by molar-refractivity contribution is 7.92. The van der Waals surface area contributed by atoms with E-state index in [0.29, 0.717) is 0 Å². The Balaban J connectivity index is 2.46. The van der Waals surface area contributed by atoms with E-state index in [4.69, 9.17) is 16.7 Å². The van der Waals surface area contributed by atoms with E-state index in [-0.39, 0.29) is 16.7 Å².